The van der Waals surface area contributed by atoms with Crippen LogP contribution < -0.4 is 5.14 Å². The predicted molar refractivity (Wildman–Crippen MR) is 39.1 cm³/mol. The molecule has 0 spiro atoms. The third kappa shape index (κ3) is 1.45. The minimum Gasteiger partial charge on any atom is -0.273 e. The fraction of sp³-hybridized carbons (Fsp3) is 0. The van der Waals surface area contributed by atoms with Crippen molar-refractivity contribution < 1.29 is 0 Å². The molecule has 0 fully saturated rings. The van der Waals surface area contributed by atoms with Crippen LogP contribution in [0.2, 0.25) is 0 Å². The van der Waals surface area contributed by atoms with E-state index in [0.717, 1.165) is 4.21 Å². The highest BCUT2D eigenvalue weighted by Crippen LogP contribution is 2.20. The van der Waals surface area contributed by atoms with E-state index in [-0.39, 0.29) is 0 Å². The molecule has 0 aliphatic rings. The molecule has 1 rings (SSSR count). The topological polar surface area (TPSA) is 49.8 Å². The molecule has 0 aliphatic carbocycles. The molecule has 0 amide bonds. The van der Waals surface area contributed by atoms with Gasteiger partial charge in [-0.1, -0.05) is 0 Å². The molecule has 1 heterocycles. The summed E-state index contributed by atoms with van der Waals surface area (Å²) < 4.78 is 0.978. The molecule has 1 aromatic heterocycles. The first kappa shape index (κ1) is 6.62. The molecule has 4 heteroatoms. The Bertz CT molecular complexity index is 235. The fourth-order valence-corrected chi connectivity index (χ4v) is 1.56. The fourth-order valence-electron chi connectivity index (χ4n) is 0.437. The molecule has 0 unspecified atom stereocenters. The van der Waals surface area contributed by atoms with Gasteiger partial charge in [-0.3, -0.25) is 5.14 Å². The second kappa shape index (κ2) is 2.87. The highest BCUT2D eigenvalue weighted by atomic mass is 32.2. The molecule has 1 aromatic rings. The molecule has 0 aliphatic heterocycles. The number of rotatable bonds is 1. The van der Waals surface area contributed by atoms with Crippen LogP contribution in [0.3, 0.4) is 0 Å². The highest BCUT2D eigenvalue weighted by molar-refractivity contribution is 7.99. The average molecular weight is 156 g/mol. The first-order valence-corrected chi connectivity index (χ1v) is 3.98. The maximum atomic E-state index is 8.35. The van der Waals surface area contributed by atoms with E-state index < -0.39 is 0 Å². The van der Waals surface area contributed by atoms with Crippen LogP contribution in [0.4, 0.5) is 0 Å². The normalized spacial score (nSPS) is 8.89. The summed E-state index contributed by atoms with van der Waals surface area (Å²) in [4.78, 5) is 0. The zero-order valence-corrected chi connectivity index (χ0v) is 6.13. The van der Waals surface area contributed by atoms with Crippen molar-refractivity contribution in [3.8, 4) is 6.07 Å². The summed E-state index contributed by atoms with van der Waals surface area (Å²) in [6.45, 7) is 0. The van der Waals surface area contributed by atoms with Gasteiger partial charge in [0, 0.05) is 5.38 Å². The van der Waals surface area contributed by atoms with E-state index >= 15 is 0 Å². The first-order valence-electron chi connectivity index (χ1n) is 2.22. The van der Waals surface area contributed by atoms with E-state index in [4.69, 9.17) is 10.4 Å². The summed E-state index contributed by atoms with van der Waals surface area (Å²) in [7, 11) is 0. The van der Waals surface area contributed by atoms with Crippen LogP contribution in [0.15, 0.2) is 15.7 Å². The number of nitrogens with two attached hydrogens (primary N) is 1. The summed E-state index contributed by atoms with van der Waals surface area (Å²) in [5, 5.41) is 15.4. The van der Waals surface area contributed by atoms with Gasteiger partial charge in [0.2, 0.25) is 0 Å². The van der Waals surface area contributed by atoms with Crippen molar-refractivity contribution in [3.05, 3.63) is 17.0 Å². The Morgan fingerprint density at radius 2 is 2.56 bits per heavy atom. The minimum atomic E-state index is 0.688. The molecule has 46 valence electrons. The van der Waals surface area contributed by atoms with Gasteiger partial charge in [0.05, 0.1) is 9.77 Å². The molecule has 0 saturated carbocycles. The lowest BCUT2D eigenvalue weighted by molar-refractivity contribution is 1.50. The Labute approximate surface area is 61.4 Å². The highest BCUT2D eigenvalue weighted by Gasteiger charge is 1.94. The van der Waals surface area contributed by atoms with Crippen molar-refractivity contribution in [2.24, 2.45) is 5.14 Å². The van der Waals surface area contributed by atoms with Gasteiger partial charge in [-0.2, -0.15) is 5.26 Å². The summed E-state index contributed by atoms with van der Waals surface area (Å²) in [6, 6.07) is 3.80. The molecule has 2 N–H and O–H groups in total. The minimum absolute atomic E-state index is 0.688. The Morgan fingerprint density at radius 3 is 2.89 bits per heavy atom. The predicted octanol–water partition coefficient (Wildman–Crippen LogP) is 1.59. The van der Waals surface area contributed by atoms with Crippen LogP contribution in [0, 0.1) is 11.3 Å². The van der Waals surface area contributed by atoms with Crippen LogP contribution in [0.5, 0.6) is 0 Å². The molecule has 0 aromatic carbocycles. The van der Waals surface area contributed by atoms with Gasteiger partial charge < -0.3 is 0 Å². The van der Waals surface area contributed by atoms with Crippen molar-refractivity contribution in [1.82, 2.24) is 0 Å². The van der Waals surface area contributed by atoms with E-state index in [0.29, 0.717) is 5.56 Å². The quantitative estimate of drug-likeness (QED) is 0.628. The van der Waals surface area contributed by atoms with Gasteiger partial charge in [0.1, 0.15) is 6.07 Å². The number of nitrogens with zero attached hydrogens (tertiary/aromatic N) is 1. The standard InChI is InChI=1S/C5H4N2S2/c6-2-4-1-5(9-7)8-3-4/h1,3H,7H2. The molecule has 2 nitrogen and oxygen atoms in total. The Kier molecular flexibility index (Phi) is 2.11. The number of hydrogen-bond acceptors (Lipinski definition) is 4. The summed E-state index contributed by atoms with van der Waals surface area (Å²) in [6.07, 6.45) is 0. The van der Waals surface area contributed by atoms with E-state index in [2.05, 4.69) is 0 Å². The van der Waals surface area contributed by atoms with Gasteiger partial charge in [-0.05, 0) is 18.0 Å². The van der Waals surface area contributed by atoms with Crippen molar-refractivity contribution >= 4 is 23.3 Å². The Balaban J connectivity index is 2.90. The van der Waals surface area contributed by atoms with Crippen LogP contribution in [-0.4, -0.2) is 0 Å². The number of hydrogen-bond donors (Lipinski definition) is 1. The molecular weight excluding hydrogens is 152 g/mol. The summed E-state index contributed by atoms with van der Waals surface area (Å²) in [5.74, 6) is 0. The van der Waals surface area contributed by atoms with Gasteiger partial charge in [-0.15, -0.1) is 11.3 Å². The largest absolute Gasteiger partial charge is 0.273 e. The lowest BCUT2D eigenvalue weighted by atomic mass is 10.4. The second-order valence-electron chi connectivity index (χ2n) is 1.38. The first-order chi connectivity index (χ1) is 4.36. The zero-order chi connectivity index (χ0) is 6.69. The van der Waals surface area contributed by atoms with Crippen LogP contribution in [0.25, 0.3) is 0 Å². The average Bonchev–Trinajstić information content (AvgIpc) is 2.34. The molecule has 0 bridgehead atoms. The van der Waals surface area contributed by atoms with Gasteiger partial charge in [0.15, 0.2) is 0 Å². The maximum absolute atomic E-state index is 8.35. The monoisotopic (exact) mass is 156 g/mol. The lowest BCUT2D eigenvalue weighted by Crippen LogP contribution is -1.71. The Morgan fingerprint density at radius 1 is 1.78 bits per heavy atom. The van der Waals surface area contributed by atoms with Gasteiger partial charge in [-0.25, -0.2) is 0 Å². The molecule has 0 radical (unpaired) electrons. The molecule has 9 heavy (non-hydrogen) atoms. The van der Waals surface area contributed by atoms with E-state index in [1.54, 1.807) is 11.4 Å². The summed E-state index contributed by atoms with van der Waals surface area (Å²) >= 11 is 2.66. The third-order valence-corrected chi connectivity index (χ3v) is 2.47. The third-order valence-electron chi connectivity index (χ3n) is 0.821. The zero-order valence-electron chi connectivity index (χ0n) is 4.50. The lowest BCUT2D eigenvalue weighted by Gasteiger charge is -1.79. The van der Waals surface area contributed by atoms with Gasteiger partial charge in [0.25, 0.3) is 0 Å². The van der Waals surface area contributed by atoms with Crippen molar-refractivity contribution in [2.45, 2.75) is 4.21 Å². The Hall–Kier alpha value is -0.500. The van der Waals surface area contributed by atoms with Crippen LogP contribution >= 0.6 is 23.3 Å². The van der Waals surface area contributed by atoms with Crippen LogP contribution in [0.1, 0.15) is 5.56 Å². The van der Waals surface area contributed by atoms with Crippen molar-refractivity contribution in [1.29, 1.82) is 5.26 Å². The van der Waals surface area contributed by atoms with Crippen molar-refractivity contribution in [2.75, 3.05) is 0 Å². The number of nitriles is 1. The second-order valence-corrected chi connectivity index (χ2v) is 3.23. The van der Waals surface area contributed by atoms with E-state index in [1.807, 2.05) is 6.07 Å². The van der Waals surface area contributed by atoms with E-state index in [9.17, 15) is 0 Å². The van der Waals surface area contributed by atoms with E-state index in [1.165, 1.54) is 23.3 Å². The van der Waals surface area contributed by atoms with Gasteiger partial charge >= 0.3 is 0 Å². The molecule has 0 atom stereocenters. The smallest absolute Gasteiger partial charge is 0.100 e. The SMILES string of the molecule is N#Cc1csc(SN)c1. The maximum Gasteiger partial charge on any atom is 0.100 e. The van der Waals surface area contributed by atoms with Crippen LogP contribution in [-0.2, 0) is 0 Å². The summed E-state index contributed by atoms with van der Waals surface area (Å²) in [5.41, 5.74) is 0.688. The number of thiophene rings is 1. The molecular formula is C5H4N2S2. The van der Waals surface area contributed by atoms with Crippen molar-refractivity contribution in [3.63, 3.8) is 0 Å². The molecule has 0 saturated heterocycles.